The van der Waals surface area contributed by atoms with E-state index in [1.807, 2.05) is 25.1 Å². The van der Waals surface area contributed by atoms with E-state index in [2.05, 4.69) is 0 Å². The van der Waals surface area contributed by atoms with Crippen molar-refractivity contribution in [3.8, 4) is 0 Å². The molecule has 0 saturated heterocycles. The summed E-state index contributed by atoms with van der Waals surface area (Å²) in [5.74, 6) is 0.727. The minimum atomic E-state index is -3.71. The third kappa shape index (κ3) is 3.39. The van der Waals surface area contributed by atoms with Crippen molar-refractivity contribution in [3.05, 3.63) is 48.0 Å². The highest BCUT2D eigenvalue weighted by molar-refractivity contribution is 7.99. The minimum Gasteiger partial charge on any atom is -0.311 e. The van der Waals surface area contributed by atoms with Crippen LogP contribution in [0.5, 0.6) is 0 Å². The minimum absolute atomic E-state index is 0.0804. The van der Waals surface area contributed by atoms with Gasteiger partial charge in [-0.15, -0.1) is 11.8 Å². The third-order valence-electron chi connectivity index (χ3n) is 4.20. The summed E-state index contributed by atoms with van der Waals surface area (Å²) in [5, 5.41) is 0. The molecule has 3 rings (SSSR count). The van der Waals surface area contributed by atoms with E-state index in [4.69, 9.17) is 0 Å². The van der Waals surface area contributed by atoms with Gasteiger partial charge in [-0.2, -0.15) is 0 Å². The van der Waals surface area contributed by atoms with Gasteiger partial charge < -0.3 is 4.90 Å². The topological polar surface area (TPSA) is 57.7 Å². The van der Waals surface area contributed by atoms with Crippen LogP contribution in [0, 0.1) is 6.92 Å². The number of thioether (sulfide) groups is 1. The van der Waals surface area contributed by atoms with Crippen molar-refractivity contribution in [3.63, 3.8) is 0 Å². The highest BCUT2D eigenvalue weighted by atomic mass is 32.2. The second-order valence-electron chi connectivity index (χ2n) is 5.96. The Morgan fingerprint density at radius 2 is 1.96 bits per heavy atom. The Labute approximate surface area is 152 Å². The molecule has 132 valence electrons. The quantitative estimate of drug-likeness (QED) is 0.825. The summed E-state index contributed by atoms with van der Waals surface area (Å²) < 4.78 is 27.3. The summed E-state index contributed by atoms with van der Waals surface area (Å²) >= 11 is 1.63. The van der Waals surface area contributed by atoms with Crippen LogP contribution < -0.4 is 9.21 Å². The summed E-state index contributed by atoms with van der Waals surface area (Å²) in [6.07, 6.45) is 0. The van der Waals surface area contributed by atoms with Crippen LogP contribution in [0.25, 0.3) is 0 Å². The zero-order valence-corrected chi connectivity index (χ0v) is 16.0. The Balaban J connectivity index is 2.03. The Hall–Kier alpha value is -1.99. The Kier molecular flexibility index (Phi) is 4.79. The van der Waals surface area contributed by atoms with Gasteiger partial charge in [-0.05, 0) is 42.8 Å². The second-order valence-corrected chi connectivity index (χ2v) is 9.07. The van der Waals surface area contributed by atoms with Crippen LogP contribution in [0.3, 0.4) is 0 Å². The van der Waals surface area contributed by atoms with Gasteiger partial charge in [0.05, 0.1) is 16.3 Å². The van der Waals surface area contributed by atoms with Crippen LogP contribution in [0.4, 0.5) is 11.4 Å². The van der Waals surface area contributed by atoms with Crippen LogP contribution >= 0.6 is 11.8 Å². The third-order valence-corrected chi connectivity index (χ3v) is 7.02. The molecule has 25 heavy (non-hydrogen) atoms. The maximum absolute atomic E-state index is 13.0. The average molecular weight is 377 g/mol. The van der Waals surface area contributed by atoms with E-state index in [1.54, 1.807) is 48.0 Å². The lowest BCUT2D eigenvalue weighted by Crippen LogP contribution is -2.34. The number of carbonyl (C=O) groups excluding carboxylic acids is 1. The predicted octanol–water partition coefficient (Wildman–Crippen LogP) is 3.28. The first-order valence-electron chi connectivity index (χ1n) is 7.91. The second kappa shape index (κ2) is 6.72. The standard InChI is InChI=1S/C18H20N2O3S2/c1-13-5-4-6-15(11-13)19(3)25(22,23)16-7-8-18-17(12-16)20(14(2)21)9-10-24-18/h4-8,11-12H,9-10H2,1-3H3. The van der Waals surface area contributed by atoms with Crippen LogP contribution in [-0.4, -0.2) is 33.7 Å². The number of hydrogen-bond donors (Lipinski definition) is 0. The van der Waals surface area contributed by atoms with Gasteiger partial charge >= 0.3 is 0 Å². The van der Waals surface area contributed by atoms with Crippen molar-refractivity contribution in [2.45, 2.75) is 23.6 Å². The summed E-state index contributed by atoms with van der Waals surface area (Å²) in [5.41, 5.74) is 2.27. The number of anilines is 2. The molecule has 0 N–H and O–H groups in total. The lowest BCUT2D eigenvalue weighted by atomic mass is 10.2. The number of hydrogen-bond acceptors (Lipinski definition) is 4. The number of sulfonamides is 1. The van der Waals surface area contributed by atoms with Crippen LogP contribution in [0.2, 0.25) is 0 Å². The van der Waals surface area contributed by atoms with E-state index >= 15 is 0 Å². The first-order valence-corrected chi connectivity index (χ1v) is 10.3. The average Bonchev–Trinajstić information content (AvgIpc) is 2.59. The van der Waals surface area contributed by atoms with Gasteiger partial charge in [0, 0.05) is 31.2 Å². The number of carbonyl (C=O) groups is 1. The molecule has 0 spiro atoms. The molecule has 0 radical (unpaired) electrons. The summed E-state index contributed by atoms with van der Waals surface area (Å²) in [4.78, 5) is 14.6. The number of benzene rings is 2. The summed E-state index contributed by atoms with van der Waals surface area (Å²) in [6.45, 7) is 4.01. The van der Waals surface area contributed by atoms with Gasteiger partial charge in [-0.25, -0.2) is 8.42 Å². The van der Waals surface area contributed by atoms with Gasteiger partial charge in [-0.3, -0.25) is 9.10 Å². The summed E-state index contributed by atoms with van der Waals surface area (Å²) in [6, 6.07) is 12.3. The number of aryl methyl sites for hydroxylation is 1. The summed E-state index contributed by atoms with van der Waals surface area (Å²) in [7, 11) is -2.16. The van der Waals surface area contributed by atoms with Crippen LogP contribution in [-0.2, 0) is 14.8 Å². The molecule has 0 fully saturated rings. The van der Waals surface area contributed by atoms with E-state index < -0.39 is 10.0 Å². The van der Waals surface area contributed by atoms with Crippen molar-refractivity contribution in [1.29, 1.82) is 0 Å². The lowest BCUT2D eigenvalue weighted by Gasteiger charge is -2.29. The molecule has 1 aliphatic heterocycles. The molecular formula is C18H20N2O3S2. The molecule has 0 aromatic heterocycles. The zero-order valence-electron chi connectivity index (χ0n) is 14.4. The van der Waals surface area contributed by atoms with E-state index in [9.17, 15) is 13.2 Å². The molecule has 0 unspecified atom stereocenters. The number of fused-ring (bicyclic) bond motifs is 1. The van der Waals surface area contributed by atoms with Gasteiger partial charge in [0.15, 0.2) is 0 Å². The molecule has 0 aliphatic carbocycles. The SMILES string of the molecule is CC(=O)N1CCSc2ccc(S(=O)(=O)N(C)c3cccc(C)c3)cc21. The van der Waals surface area contributed by atoms with E-state index in [-0.39, 0.29) is 10.8 Å². The first-order chi connectivity index (χ1) is 11.8. The molecule has 7 heteroatoms. The fourth-order valence-corrected chi connectivity index (χ4v) is 4.99. The normalized spacial score (nSPS) is 14.1. The largest absolute Gasteiger partial charge is 0.311 e. The van der Waals surface area contributed by atoms with Crippen molar-refractivity contribution < 1.29 is 13.2 Å². The number of amides is 1. The molecule has 1 heterocycles. The van der Waals surface area contributed by atoms with Crippen molar-refractivity contribution in [2.24, 2.45) is 0 Å². The fourth-order valence-electron chi connectivity index (χ4n) is 2.81. The monoisotopic (exact) mass is 376 g/mol. The molecule has 0 atom stereocenters. The molecule has 0 saturated carbocycles. The van der Waals surface area contributed by atoms with Gasteiger partial charge in [0.1, 0.15) is 0 Å². The van der Waals surface area contributed by atoms with Gasteiger partial charge in [0.25, 0.3) is 10.0 Å². The van der Waals surface area contributed by atoms with Crippen LogP contribution in [0.1, 0.15) is 12.5 Å². The van der Waals surface area contributed by atoms with Gasteiger partial charge in [0.2, 0.25) is 5.91 Å². The van der Waals surface area contributed by atoms with Gasteiger partial charge in [-0.1, -0.05) is 12.1 Å². The van der Waals surface area contributed by atoms with E-state index in [0.717, 1.165) is 16.2 Å². The molecule has 1 amide bonds. The number of nitrogens with zero attached hydrogens (tertiary/aromatic N) is 2. The highest BCUT2D eigenvalue weighted by Gasteiger charge is 2.26. The Morgan fingerprint density at radius 3 is 2.64 bits per heavy atom. The molecule has 5 nitrogen and oxygen atoms in total. The smallest absolute Gasteiger partial charge is 0.264 e. The Bertz CT molecular complexity index is 926. The maximum atomic E-state index is 13.0. The van der Waals surface area contributed by atoms with Crippen molar-refractivity contribution >= 4 is 39.1 Å². The fraction of sp³-hybridized carbons (Fsp3) is 0.278. The van der Waals surface area contributed by atoms with E-state index in [1.165, 1.54) is 11.2 Å². The molecule has 2 aromatic rings. The molecule has 2 aromatic carbocycles. The zero-order chi connectivity index (χ0) is 18.2. The first kappa shape index (κ1) is 17.8. The van der Waals surface area contributed by atoms with Crippen molar-refractivity contribution in [1.82, 2.24) is 0 Å². The maximum Gasteiger partial charge on any atom is 0.264 e. The molecule has 1 aliphatic rings. The van der Waals surface area contributed by atoms with E-state index in [0.29, 0.717) is 17.9 Å². The Morgan fingerprint density at radius 1 is 1.20 bits per heavy atom. The molecule has 0 bridgehead atoms. The highest BCUT2D eigenvalue weighted by Crippen LogP contribution is 2.37. The predicted molar refractivity (Wildman–Crippen MR) is 102 cm³/mol. The molecular weight excluding hydrogens is 356 g/mol. The van der Waals surface area contributed by atoms with Crippen LogP contribution in [0.15, 0.2) is 52.3 Å². The van der Waals surface area contributed by atoms with Crippen molar-refractivity contribution in [2.75, 3.05) is 28.6 Å². The number of rotatable bonds is 3. The lowest BCUT2D eigenvalue weighted by molar-refractivity contribution is -0.116.